The maximum absolute atomic E-state index is 5.60. The van der Waals surface area contributed by atoms with Crippen molar-refractivity contribution in [2.24, 2.45) is 5.73 Å². The maximum atomic E-state index is 5.60. The van der Waals surface area contributed by atoms with Crippen LogP contribution in [0.4, 0.5) is 0 Å². The topological polar surface area (TPSA) is 26.0 Å². The average molecular weight is 191 g/mol. The second-order valence-corrected chi connectivity index (χ2v) is 3.25. The van der Waals surface area contributed by atoms with E-state index in [-0.39, 0.29) is 0 Å². The van der Waals surface area contributed by atoms with Crippen LogP contribution < -0.4 is 5.73 Å². The van der Waals surface area contributed by atoms with E-state index in [2.05, 4.69) is 24.6 Å². The van der Waals surface area contributed by atoms with E-state index in [9.17, 15) is 0 Å². The van der Waals surface area contributed by atoms with Crippen LogP contribution in [-0.2, 0) is 12.3 Å². The monoisotopic (exact) mass is 191 g/mol. The molecule has 0 aliphatic rings. The molecule has 0 aliphatic carbocycles. The Morgan fingerprint density at radius 3 is 2.69 bits per heavy atom. The SMILES string of the molecule is C#Cc1cc(CS)cc(CN)c1C. The predicted octanol–water partition coefficient (Wildman–Crippen LogP) is 1.86. The molecule has 0 fully saturated rings. The molecular formula is C11H13NS. The van der Waals surface area contributed by atoms with Crippen LogP contribution in [0.25, 0.3) is 0 Å². The Labute approximate surface area is 84.8 Å². The van der Waals surface area contributed by atoms with Crippen molar-refractivity contribution in [2.45, 2.75) is 19.2 Å². The molecule has 2 heteroatoms. The third-order valence-corrected chi connectivity index (χ3v) is 2.50. The number of terminal acetylenes is 1. The summed E-state index contributed by atoms with van der Waals surface area (Å²) < 4.78 is 0. The summed E-state index contributed by atoms with van der Waals surface area (Å²) in [6, 6.07) is 4.05. The van der Waals surface area contributed by atoms with Gasteiger partial charge in [0.1, 0.15) is 0 Å². The smallest absolute Gasteiger partial charge is 0.0278 e. The first-order valence-corrected chi connectivity index (χ1v) is 4.76. The summed E-state index contributed by atoms with van der Waals surface area (Å²) in [6.45, 7) is 2.53. The van der Waals surface area contributed by atoms with Crippen LogP contribution in [0.5, 0.6) is 0 Å². The molecule has 1 nitrogen and oxygen atoms in total. The Hall–Kier alpha value is -0.910. The highest BCUT2D eigenvalue weighted by Crippen LogP contribution is 2.17. The number of hydrogen-bond donors (Lipinski definition) is 2. The second kappa shape index (κ2) is 4.36. The molecule has 0 atom stereocenters. The van der Waals surface area contributed by atoms with Gasteiger partial charge in [-0.25, -0.2) is 0 Å². The fourth-order valence-corrected chi connectivity index (χ4v) is 1.48. The first-order chi connectivity index (χ1) is 6.22. The molecule has 68 valence electrons. The van der Waals surface area contributed by atoms with E-state index in [1.165, 1.54) is 0 Å². The molecule has 0 radical (unpaired) electrons. The highest BCUT2D eigenvalue weighted by atomic mass is 32.1. The molecular weight excluding hydrogens is 178 g/mol. The zero-order valence-corrected chi connectivity index (χ0v) is 8.57. The third-order valence-electron chi connectivity index (χ3n) is 2.13. The Bertz CT molecular complexity index is 350. The van der Waals surface area contributed by atoms with E-state index in [0.717, 1.165) is 22.3 Å². The fraction of sp³-hybridized carbons (Fsp3) is 0.273. The molecule has 13 heavy (non-hydrogen) atoms. The van der Waals surface area contributed by atoms with Crippen molar-refractivity contribution in [1.29, 1.82) is 0 Å². The minimum absolute atomic E-state index is 0.530. The molecule has 0 aliphatic heterocycles. The highest BCUT2D eigenvalue weighted by molar-refractivity contribution is 7.79. The van der Waals surface area contributed by atoms with Crippen LogP contribution in [0.1, 0.15) is 22.3 Å². The van der Waals surface area contributed by atoms with E-state index in [0.29, 0.717) is 12.3 Å². The van der Waals surface area contributed by atoms with Gasteiger partial charge in [-0.05, 0) is 29.7 Å². The van der Waals surface area contributed by atoms with Crippen LogP contribution in [-0.4, -0.2) is 0 Å². The van der Waals surface area contributed by atoms with Crippen molar-refractivity contribution in [1.82, 2.24) is 0 Å². The maximum Gasteiger partial charge on any atom is 0.0278 e. The van der Waals surface area contributed by atoms with E-state index >= 15 is 0 Å². The lowest BCUT2D eigenvalue weighted by Crippen LogP contribution is -2.02. The van der Waals surface area contributed by atoms with Crippen LogP contribution in [0, 0.1) is 19.3 Å². The molecule has 0 saturated carbocycles. The predicted molar refractivity (Wildman–Crippen MR) is 59.7 cm³/mol. The van der Waals surface area contributed by atoms with E-state index in [4.69, 9.17) is 12.2 Å². The van der Waals surface area contributed by atoms with Gasteiger partial charge in [0, 0.05) is 17.9 Å². The number of benzene rings is 1. The minimum atomic E-state index is 0.530. The summed E-state index contributed by atoms with van der Waals surface area (Å²) in [6.07, 6.45) is 5.38. The first-order valence-electron chi connectivity index (χ1n) is 4.12. The molecule has 0 amide bonds. The van der Waals surface area contributed by atoms with Gasteiger partial charge in [0.25, 0.3) is 0 Å². The molecule has 2 N–H and O–H groups in total. The summed E-state index contributed by atoms with van der Waals surface area (Å²) in [7, 11) is 0. The summed E-state index contributed by atoms with van der Waals surface area (Å²) in [4.78, 5) is 0. The summed E-state index contributed by atoms with van der Waals surface area (Å²) in [5.74, 6) is 3.35. The average Bonchev–Trinajstić information content (AvgIpc) is 2.18. The summed E-state index contributed by atoms with van der Waals surface area (Å²) >= 11 is 4.21. The Morgan fingerprint density at radius 1 is 1.54 bits per heavy atom. The van der Waals surface area contributed by atoms with Crippen molar-refractivity contribution < 1.29 is 0 Å². The number of nitrogens with two attached hydrogens (primary N) is 1. The highest BCUT2D eigenvalue weighted by Gasteiger charge is 2.03. The van der Waals surface area contributed by atoms with E-state index < -0.39 is 0 Å². The third kappa shape index (κ3) is 2.06. The van der Waals surface area contributed by atoms with Gasteiger partial charge in [-0.2, -0.15) is 12.6 Å². The molecule has 0 bridgehead atoms. The zero-order valence-electron chi connectivity index (χ0n) is 7.67. The van der Waals surface area contributed by atoms with Crippen molar-refractivity contribution in [3.8, 4) is 12.3 Å². The molecule has 1 rings (SSSR count). The molecule has 1 aromatic carbocycles. The van der Waals surface area contributed by atoms with Crippen LogP contribution in [0.15, 0.2) is 12.1 Å². The minimum Gasteiger partial charge on any atom is -0.326 e. The van der Waals surface area contributed by atoms with Gasteiger partial charge >= 0.3 is 0 Å². The van der Waals surface area contributed by atoms with Gasteiger partial charge < -0.3 is 5.73 Å². The van der Waals surface area contributed by atoms with E-state index in [1.807, 2.05) is 13.0 Å². The molecule has 0 aromatic heterocycles. The summed E-state index contributed by atoms with van der Waals surface area (Å²) in [5, 5.41) is 0. The van der Waals surface area contributed by atoms with Crippen molar-refractivity contribution in [2.75, 3.05) is 0 Å². The molecule has 0 saturated heterocycles. The fourth-order valence-electron chi connectivity index (χ4n) is 1.29. The lowest BCUT2D eigenvalue weighted by atomic mass is 10.00. The second-order valence-electron chi connectivity index (χ2n) is 2.93. The van der Waals surface area contributed by atoms with Crippen molar-refractivity contribution in [3.63, 3.8) is 0 Å². The van der Waals surface area contributed by atoms with Crippen molar-refractivity contribution >= 4 is 12.6 Å². The largest absolute Gasteiger partial charge is 0.326 e. The van der Waals surface area contributed by atoms with Crippen LogP contribution >= 0.6 is 12.6 Å². The Morgan fingerprint density at radius 2 is 2.23 bits per heavy atom. The van der Waals surface area contributed by atoms with Gasteiger partial charge in [-0.3, -0.25) is 0 Å². The molecule has 0 heterocycles. The van der Waals surface area contributed by atoms with E-state index in [1.54, 1.807) is 0 Å². The molecule has 0 spiro atoms. The summed E-state index contributed by atoms with van der Waals surface area (Å²) in [5.41, 5.74) is 9.87. The Balaban J connectivity index is 3.31. The standard InChI is InChI=1S/C11H13NS/c1-3-10-4-9(7-13)5-11(6-12)8(10)2/h1,4-5,13H,6-7,12H2,2H3. The Kier molecular flexibility index (Phi) is 3.41. The van der Waals surface area contributed by atoms with Gasteiger partial charge in [0.05, 0.1) is 0 Å². The molecule has 1 aromatic rings. The number of rotatable bonds is 2. The lowest BCUT2D eigenvalue weighted by Gasteiger charge is -2.08. The number of hydrogen-bond acceptors (Lipinski definition) is 2. The normalized spacial score (nSPS) is 9.69. The van der Waals surface area contributed by atoms with Gasteiger partial charge in [0.15, 0.2) is 0 Å². The molecule has 0 unspecified atom stereocenters. The van der Waals surface area contributed by atoms with Crippen LogP contribution in [0.3, 0.4) is 0 Å². The van der Waals surface area contributed by atoms with Gasteiger partial charge in [0.2, 0.25) is 0 Å². The van der Waals surface area contributed by atoms with Crippen molar-refractivity contribution in [3.05, 3.63) is 34.4 Å². The quantitative estimate of drug-likeness (QED) is 0.541. The van der Waals surface area contributed by atoms with Crippen LogP contribution in [0.2, 0.25) is 0 Å². The van der Waals surface area contributed by atoms with Gasteiger partial charge in [-0.15, -0.1) is 6.42 Å². The number of thiol groups is 1. The zero-order chi connectivity index (χ0) is 9.84. The lowest BCUT2D eigenvalue weighted by molar-refractivity contribution is 1.04. The van der Waals surface area contributed by atoms with Gasteiger partial charge in [-0.1, -0.05) is 12.0 Å². The first kappa shape index (κ1) is 10.2.